The van der Waals surface area contributed by atoms with Gasteiger partial charge >= 0.3 is 5.97 Å². The second-order valence-electron chi connectivity index (χ2n) is 5.53. The Morgan fingerprint density at radius 1 is 1.25 bits per heavy atom. The normalized spacial score (nSPS) is 28.4. The number of carboxylic acid groups (broad SMARTS) is 1. The first kappa shape index (κ1) is 13.1. The SMILES string of the molecule is O=C(O)[C@H]1CCCN1C(=O)C1CC1c1ccc(F)cc1. The first-order valence-corrected chi connectivity index (χ1v) is 6.86. The second-order valence-corrected chi connectivity index (χ2v) is 5.53. The molecule has 1 heterocycles. The molecule has 1 N–H and O–H groups in total. The lowest BCUT2D eigenvalue weighted by atomic mass is 10.1. The maximum absolute atomic E-state index is 12.9. The Bertz CT molecular complexity index is 543. The van der Waals surface area contributed by atoms with Crippen molar-refractivity contribution in [3.63, 3.8) is 0 Å². The molecular formula is C15H16FNO3. The van der Waals surface area contributed by atoms with Gasteiger partial charge < -0.3 is 10.0 Å². The summed E-state index contributed by atoms with van der Waals surface area (Å²) in [4.78, 5) is 25.0. The topological polar surface area (TPSA) is 57.6 Å². The third-order valence-corrected chi connectivity index (χ3v) is 4.23. The van der Waals surface area contributed by atoms with Crippen LogP contribution in [0.1, 0.15) is 30.7 Å². The molecule has 1 aliphatic carbocycles. The fourth-order valence-corrected chi connectivity index (χ4v) is 3.05. The Kier molecular flexibility index (Phi) is 3.20. The maximum Gasteiger partial charge on any atom is 0.326 e. The van der Waals surface area contributed by atoms with E-state index in [-0.39, 0.29) is 23.6 Å². The fraction of sp³-hybridized carbons (Fsp3) is 0.467. The van der Waals surface area contributed by atoms with E-state index in [0.717, 1.165) is 18.4 Å². The molecule has 0 spiro atoms. The molecule has 2 unspecified atom stereocenters. The predicted octanol–water partition coefficient (Wildman–Crippen LogP) is 2.00. The molecule has 1 aliphatic heterocycles. The van der Waals surface area contributed by atoms with Crippen molar-refractivity contribution >= 4 is 11.9 Å². The van der Waals surface area contributed by atoms with E-state index in [4.69, 9.17) is 5.11 Å². The minimum atomic E-state index is -0.921. The second kappa shape index (κ2) is 4.89. The average Bonchev–Trinajstić information content (AvgIpc) is 3.06. The molecule has 1 saturated heterocycles. The Morgan fingerprint density at radius 2 is 1.95 bits per heavy atom. The number of amides is 1. The monoisotopic (exact) mass is 277 g/mol. The van der Waals surface area contributed by atoms with Crippen LogP contribution < -0.4 is 0 Å². The molecule has 2 aliphatic rings. The fourth-order valence-electron chi connectivity index (χ4n) is 3.05. The van der Waals surface area contributed by atoms with E-state index in [0.29, 0.717) is 13.0 Å². The Labute approximate surface area is 116 Å². The van der Waals surface area contributed by atoms with Crippen molar-refractivity contribution in [1.29, 1.82) is 0 Å². The number of nitrogens with zero attached hydrogens (tertiary/aromatic N) is 1. The van der Waals surface area contributed by atoms with Crippen LogP contribution in [0.2, 0.25) is 0 Å². The van der Waals surface area contributed by atoms with E-state index < -0.39 is 12.0 Å². The van der Waals surface area contributed by atoms with E-state index in [9.17, 15) is 14.0 Å². The number of rotatable bonds is 3. The van der Waals surface area contributed by atoms with Gasteiger partial charge in [-0.1, -0.05) is 12.1 Å². The molecule has 1 saturated carbocycles. The van der Waals surface area contributed by atoms with Gasteiger partial charge in [0.1, 0.15) is 11.9 Å². The maximum atomic E-state index is 12.9. The van der Waals surface area contributed by atoms with Crippen LogP contribution in [0, 0.1) is 11.7 Å². The summed E-state index contributed by atoms with van der Waals surface area (Å²) in [5.41, 5.74) is 0.954. The Morgan fingerprint density at radius 3 is 2.60 bits per heavy atom. The van der Waals surface area contributed by atoms with E-state index >= 15 is 0 Å². The molecule has 1 aromatic rings. The molecule has 1 amide bonds. The molecule has 20 heavy (non-hydrogen) atoms. The highest BCUT2D eigenvalue weighted by Crippen LogP contribution is 2.49. The molecule has 1 aromatic carbocycles. The van der Waals surface area contributed by atoms with Crippen molar-refractivity contribution in [3.8, 4) is 0 Å². The molecule has 0 bridgehead atoms. The number of hydrogen-bond donors (Lipinski definition) is 1. The number of aliphatic carboxylic acids is 1. The van der Waals surface area contributed by atoms with Crippen LogP contribution in [-0.4, -0.2) is 34.5 Å². The summed E-state index contributed by atoms with van der Waals surface area (Å²) in [6, 6.07) is 5.52. The summed E-state index contributed by atoms with van der Waals surface area (Å²) in [6.07, 6.45) is 2.01. The van der Waals surface area contributed by atoms with E-state index in [1.165, 1.54) is 17.0 Å². The number of carboxylic acids is 1. The summed E-state index contributed by atoms with van der Waals surface area (Å²) >= 11 is 0. The van der Waals surface area contributed by atoms with Crippen molar-refractivity contribution in [2.24, 2.45) is 5.92 Å². The molecule has 3 atom stereocenters. The first-order valence-electron chi connectivity index (χ1n) is 6.86. The summed E-state index contributed by atoms with van der Waals surface area (Å²) in [7, 11) is 0. The number of halogens is 1. The standard InChI is InChI=1S/C15H16FNO3/c16-10-5-3-9(4-6-10)11-8-12(11)14(18)17-7-1-2-13(17)15(19)20/h3-6,11-13H,1-2,7-8H2,(H,19,20)/t11?,12?,13-/m1/s1. The van der Waals surface area contributed by atoms with Crippen molar-refractivity contribution in [1.82, 2.24) is 4.90 Å². The third-order valence-electron chi connectivity index (χ3n) is 4.23. The summed E-state index contributed by atoms with van der Waals surface area (Å²) in [6.45, 7) is 0.530. The van der Waals surface area contributed by atoms with Gasteiger partial charge in [0.25, 0.3) is 0 Å². The van der Waals surface area contributed by atoms with Gasteiger partial charge in [0.2, 0.25) is 5.91 Å². The van der Waals surface area contributed by atoms with Crippen LogP contribution in [0.3, 0.4) is 0 Å². The zero-order chi connectivity index (χ0) is 14.3. The lowest BCUT2D eigenvalue weighted by Crippen LogP contribution is -2.41. The van der Waals surface area contributed by atoms with Gasteiger partial charge in [0, 0.05) is 12.5 Å². The highest BCUT2D eigenvalue weighted by atomic mass is 19.1. The lowest BCUT2D eigenvalue weighted by Gasteiger charge is -2.21. The first-order chi connectivity index (χ1) is 9.58. The van der Waals surface area contributed by atoms with Crippen LogP contribution in [0.4, 0.5) is 4.39 Å². The minimum Gasteiger partial charge on any atom is -0.480 e. The number of hydrogen-bond acceptors (Lipinski definition) is 2. The number of benzene rings is 1. The highest BCUT2D eigenvalue weighted by molar-refractivity contribution is 5.88. The van der Waals surface area contributed by atoms with Crippen LogP contribution in [0.15, 0.2) is 24.3 Å². The van der Waals surface area contributed by atoms with Gasteiger partial charge in [-0.2, -0.15) is 0 Å². The summed E-state index contributed by atoms with van der Waals surface area (Å²) < 4.78 is 12.9. The Hall–Kier alpha value is -1.91. The Balaban J connectivity index is 1.68. The molecule has 4 nitrogen and oxygen atoms in total. The van der Waals surface area contributed by atoms with E-state index in [2.05, 4.69) is 0 Å². The lowest BCUT2D eigenvalue weighted by molar-refractivity contribution is -0.148. The smallest absolute Gasteiger partial charge is 0.326 e. The molecule has 3 rings (SSSR count). The molecular weight excluding hydrogens is 261 g/mol. The van der Waals surface area contributed by atoms with E-state index in [1.54, 1.807) is 12.1 Å². The van der Waals surface area contributed by atoms with Crippen molar-refractivity contribution in [3.05, 3.63) is 35.6 Å². The number of likely N-dealkylation sites (tertiary alicyclic amines) is 1. The highest BCUT2D eigenvalue weighted by Gasteiger charge is 2.48. The molecule has 2 fully saturated rings. The van der Waals surface area contributed by atoms with Crippen LogP contribution >= 0.6 is 0 Å². The molecule has 0 aromatic heterocycles. The van der Waals surface area contributed by atoms with Crippen LogP contribution in [-0.2, 0) is 9.59 Å². The van der Waals surface area contributed by atoms with Gasteiger partial charge in [-0.15, -0.1) is 0 Å². The van der Waals surface area contributed by atoms with Crippen LogP contribution in [0.5, 0.6) is 0 Å². The average molecular weight is 277 g/mol. The van der Waals surface area contributed by atoms with Gasteiger partial charge in [-0.25, -0.2) is 9.18 Å². The largest absolute Gasteiger partial charge is 0.480 e. The zero-order valence-corrected chi connectivity index (χ0v) is 11.0. The molecule has 5 heteroatoms. The quantitative estimate of drug-likeness (QED) is 0.919. The van der Waals surface area contributed by atoms with Crippen molar-refractivity contribution in [2.75, 3.05) is 6.54 Å². The zero-order valence-electron chi connectivity index (χ0n) is 11.0. The summed E-state index contributed by atoms with van der Waals surface area (Å²) in [5, 5.41) is 9.11. The number of carbonyl (C=O) groups excluding carboxylic acids is 1. The van der Waals surface area contributed by atoms with E-state index in [1.807, 2.05) is 0 Å². The molecule has 0 radical (unpaired) electrons. The predicted molar refractivity (Wildman–Crippen MR) is 69.6 cm³/mol. The van der Waals surface area contributed by atoms with Gasteiger partial charge in [0.05, 0.1) is 0 Å². The van der Waals surface area contributed by atoms with Crippen LogP contribution in [0.25, 0.3) is 0 Å². The van der Waals surface area contributed by atoms with Gasteiger partial charge in [-0.3, -0.25) is 4.79 Å². The van der Waals surface area contributed by atoms with Crippen molar-refractivity contribution < 1.29 is 19.1 Å². The minimum absolute atomic E-state index is 0.0655. The molecule has 106 valence electrons. The van der Waals surface area contributed by atoms with Crippen molar-refractivity contribution in [2.45, 2.75) is 31.2 Å². The third kappa shape index (κ3) is 2.28. The van der Waals surface area contributed by atoms with Gasteiger partial charge in [0.15, 0.2) is 0 Å². The van der Waals surface area contributed by atoms with Gasteiger partial charge in [-0.05, 0) is 42.9 Å². The summed E-state index contributed by atoms with van der Waals surface area (Å²) in [5.74, 6) is -1.31. The number of carbonyl (C=O) groups is 2.